The van der Waals surface area contributed by atoms with Gasteiger partial charge in [0, 0.05) is 19.0 Å². The van der Waals surface area contributed by atoms with Gasteiger partial charge in [-0.3, -0.25) is 4.90 Å². The van der Waals surface area contributed by atoms with Crippen molar-refractivity contribution in [1.82, 2.24) is 29.7 Å². The van der Waals surface area contributed by atoms with Crippen molar-refractivity contribution in [3.8, 4) is 39.7 Å². The minimum absolute atomic E-state index is 0.0392. The first-order valence-electron chi connectivity index (χ1n) is 17.1. The van der Waals surface area contributed by atoms with Crippen molar-refractivity contribution >= 4 is 18.2 Å². The molecule has 6 N–H and O–H groups in total. The molecule has 3 atom stereocenters. The Kier molecular flexibility index (Phi) is 10.5. The second-order valence-corrected chi connectivity index (χ2v) is 15.6. The Hall–Kier alpha value is -5.01. The Morgan fingerprint density at radius 1 is 0.843 bits per heavy atom. The van der Waals surface area contributed by atoms with Crippen molar-refractivity contribution in [2.24, 2.45) is 28.2 Å². The number of hydrogen-bond acceptors (Lipinski definition) is 9. The molecule has 1 fully saturated rings. The smallest absolute Gasteiger partial charge is 0.376 e. The summed E-state index contributed by atoms with van der Waals surface area (Å²) in [6.07, 6.45) is 2.99. The maximum atomic E-state index is 14.4. The van der Waals surface area contributed by atoms with Gasteiger partial charge in [0.15, 0.2) is 0 Å². The Bertz CT molecular complexity index is 1850. The molecule has 13 heteroatoms. The summed E-state index contributed by atoms with van der Waals surface area (Å²) < 4.78 is 10.1. The zero-order valence-electron chi connectivity index (χ0n) is 30.7. The molecule has 2 amide bonds. The van der Waals surface area contributed by atoms with Gasteiger partial charge >= 0.3 is 24.2 Å². The van der Waals surface area contributed by atoms with Crippen molar-refractivity contribution in [2.45, 2.75) is 66.0 Å². The van der Waals surface area contributed by atoms with Gasteiger partial charge in [-0.05, 0) is 60.0 Å². The summed E-state index contributed by atoms with van der Waals surface area (Å²) in [5.41, 5.74) is 13.8. The predicted octanol–water partition coefficient (Wildman–Crippen LogP) is 6.36. The Morgan fingerprint density at radius 3 is 1.86 bits per heavy atom. The van der Waals surface area contributed by atoms with Gasteiger partial charge in [0.05, 0.1) is 29.8 Å². The van der Waals surface area contributed by atoms with Crippen LogP contribution in [0.3, 0.4) is 0 Å². The van der Waals surface area contributed by atoms with Crippen LogP contribution in [-0.4, -0.2) is 80.6 Å². The first-order valence-corrected chi connectivity index (χ1v) is 17.1. The fourth-order valence-electron chi connectivity index (χ4n) is 7.69. The summed E-state index contributed by atoms with van der Waals surface area (Å²) in [4.78, 5) is 57.3. The predicted molar refractivity (Wildman–Crippen MR) is 195 cm³/mol. The third kappa shape index (κ3) is 7.69. The van der Waals surface area contributed by atoms with Crippen molar-refractivity contribution in [1.29, 1.82) is 0 Å². The highest BCUT2D eigenvalue weighted by Crippen LogP contribution is 2.54. The molecule has 3 heterocycles. The summed E-state index contributed by atoms with van der Waals surface area (Å²) >= 11 is 0. The van der Waals surface area contributed by atoms with Crippen molar-refractivity contribution in [3.05, 3.63) is 66.7 Å². The number of nitrogens with one attached hydrogen (secondary N) is 2. The zero-order valence-corrected chi connectivity index (χ0v) is 30.7. The van der Waals surface area contributed by atoms with Crippen molar-refractivity contribution in [2.75, 3.05) is 27.2 Å². The van der Waals surface area contributed by atoms with E-state index in [9.17, 15) is 14.4 Å². The highest BCUT2D eigenvalue weighted by Gasteiger charge is 2.64. The molecule has 2 aromatic heterocycles. The van der Waals surface area contributed by atoms with Crippen LogP contribution in [0, 0.1) is 16.7 Å². The quantitative estimate of drug-likeness (QED) is 0.108. The lowest BCUT2D eigenvalue weighted by Crippen LogP contribution is -2.70. The molecule has 5 rings (SSSR count). The Labute approximate surface area is 299 Å². The Balaban J connectivity index is 1.43. The van der Waals surface area contributed by atoms with Crippen LogP contribution >= 0.6 is 0 Å². The lowest BCUT2D eigenvalue weighted by Gasteiger charge is -2.57. The number of hydrogen-bond donors (Lipinski definition) is 4. The van der Waals surface area contributed by atoms with Crippen LogP contribution in [-0.2, 0) is 9.53 Å². The molecule has 0 radical (unpaired) electrons. The fraction of sp³-hybridized carbons (Fsp3) is 0.447. The van der Waals surface area contributed by atoms with Gasteiger partial charge in [0.25, 0.3) is 0 Å². The number of H-pyrrole nitrogens is 2. The number of primary amides is 2. The van der Waals surface area contributed by atoms with E-state index in [-0.39, 0.29) is 23.4 Å². The minimum atomic E-state index is -1.22. The van der Waals surface area contributed by atoms with E-state index in [2.05, 4.69) is 57.7 Å². The number of nitrogens with two attached hydrogens (primary N) is 2. The molecule has 0 bridgehead atoms. The number of amides is 2. The van der Waals surface area contributed by atoms with Crippen LogP contribution in [0.4, 0.5) is 9.59 Å². The first-order chi connectivity index (χ1) is 23.9. The average molecular weight is 699 g/mol. The number of aromatic nitrogens is 4. The molecule has 4 aromatic rings. The molecule has 0 aliphatic carbocycles. The van der Waals surface area contributed by atoms with E-state index in [0.29, 0.717) is 18.8 Å². The normalized spacial score (nSPS) is 17.2. The molecule has 2 aromatic carbocycles. The summed E-state index contributed by atoms with van der Waals surface area (Å²) in [6.45, 7) is 13.7. The molecule has 1 aliphatic heterocycles. The van der Waals surface area contributed by atoms with E-state index in [4.69, 9.17) is 25.9 Å². The number of imidazole rings is 2. The van der Waals surface area contributed by atoms with E-state index in [0.717, 1.165) is 46.6 Å². The largest absolute Gasteiger partial charge is 0.412 e. The Morgan fingerprint density at radius 2 is 1.37 bits per heavy atom. The molecule has 272 valence electrons. The minimum Gasteiger partial charge on any atom is -0.376 e. The van der Waals surface area contributed by atoms with E-state index in [1.54, 1.807) is 6.20 Å². The highest BCUT2D eigenvalue weighted by atomic mass is 16.6. The molecule has 0 spiro atoms. The number of rotatable bonds is 10. The van der Waals surface area contributed by atoms with E-state index >= 15 is 0 Å². The van der Waals surface area contributed by atoms with Gasteiger partial charge in [0.2, 0.25) is 0 Å². The third-order valence-electron chi connectivity index (χ3n) is 9.84. The number of nitrogens with zero attached hydrogens (tertiary/aromatic N) is 4. The lowest BCUT2D eigenvalue weighted by atomic mass is 9.57. The maximum Gasteiger partial charge on any atom is 0.412 e. The van der Waals surface area contributed by atoms with Crippen molar-refractivity contribution < 1.29 is 23.9 Å². The van der Waals surface area contributed by atoms with Crippen LogP contribution in [0.15, 0.2) is 60.9 Å². The number of carbonyl (C=O) groups is 3. The molecule has 13 nitrogen and oxygen atoms in total. The summed E-state index contributed by atoms with van der Waals surface area (Å²) in [5, 5.41) is 0. The molecule has 51 heavy (non-hydrogen) atoms. The topological polar surface area (TPSA) is 186 Å². The second kappa shape index (κ2) is 14.3. The molecule has 2 unspecified atom stereocenters. The number of aromatic amines is 2. The molecule has 1 aliphatic rings. The molecular weight excluding hydrogens is 648 g/mol. The van der Waals surface area contributed by atoms with Gasteiger partial charge in [-0.15, -0.1) is 0 Å². The first kappa shape index (κ1) is 37.3. The summed E-state index contributed by atoms with van der Waals surface area (Å²) in [5.74, 6) is -0.113. The molecular formula is C38H50N8O5. The summed E-state index contributed by atoms with van der Waals surface area (Å²) in [6, 6.07) is 16.0. The van der Waals surface area contributed by atoms with Crippen LogP contribution in [0.1, 0.15) is 66.3 Å². The van der Waals surface area contributed by atoms with E-state index in [1.165, 1.54) is 0 Å². The fourth-order valence-corrected chi connectivity index (χ4v) is 7.69. The van der Waals surface area contributed by atoms with Gasteiger partial charge < -0.3 is 35.8 Å². The van der Waals surface area contributed by atoms with E-state index in [1.807, 2.05) is 77.5 Å². The number of benzene rings is 2. The standard InChI is InChI=1S/C38H50N8O5/c1-36(2,3)30(22-45(7)8)38(37(4,5)6,32(47)50-33(39)48)46-19-9-10-29(46)31-41-20-27(43-31)25-15-11-23(12-16-25)24-13-17-26(18-14-24)28-21-42-35(44-28)51-34(40)49/h11-18,20-21,29-30H,9-10,19,22H2,1-8H3,(H2,39,48)(H2,40,49)(H,41,43)(H,42,44)/t29?,30?,38-/m1/s1. The average Bonchev–Trinajstić information content (AvgIpc) is 3.81. The van der Waals surface area contributed by atoms with Gasteiger partial charge in [0.1, 0.15) is 11.4 Å². The monoisotopic (exact) mass is 698 g/mol. The lowest BCUT2D eigenvalue weighted by molar-refractivity contribution is -0.178. The zero-order chi connectivity index (χ0) is 37.3. The molecule has 1 saturated heterocycles. The van der Waals surface area contributed by atoms with Crippen LogP contribution in [0.25, 0.3) is 33.6 Å². The van der Waals surface area contributed by atoms with E-state index < -0.39 is 29.1 Å². The number of likely N-dealkylation sites (tertiary alicyclic amines) is 1. The molecule has 0 saturated carbocycles. The number of ether oxygens (including phenoxy) is 2. The second-order valence-electron chi connectivity index (χ2n) is 15.6. The van der Waals surface area contributed by atoms with Gasteiger partial charge in [-0.2, -0.15) is 0 Å². The highest BCUT2D eigenvalue weighted by molar-refractivity contribution is 5.91. The number of esters is 1. The van der Waals surface area contributed by atoms with Crippen LogP contribution < -0.4 is 16.2 Å². The van der Waals surface area contributed by atoms with Gasteiger partial charge in [-0.25, -0.2) is 24.4 Å². The third-order valence-corrected chi connectivity index (χ3v) is 9.84. The summed E-state index contributed by atoms with van der Waals surface area (Å²) in [7, 11) is 3.99. The van der Waals surface area contributed by atoms with Crippen molar-refractivity contribution in [3.63, 3.8) is 0 Å². The van der Waals surface area contributed by atoms with Gasteiger partial charge in [-0.1, -0.05) is 90.1 Å². The SMILES string of the molecule is CN(C)CC(C(C)(C)C)[C@](C(=O)OC(N)=O)(N1CCCC1c1ncc(-c2ccc(-c3ccc(-c4cnc(OC(N)=O)[nH]4)cc3)cc2)[nH]1)C(C)(C)C. The maximum absolute atomic E-state index is 14.4. The number of carbonyl (C=O) groups excluding carboxylic acids is 3. The van der Waals surface area contributed by atoms with Crippen LogP contribution in [0.2, 0.25) is 0 Å². The van der Waals surface area contributed by atoms with Crippen LogP contribution in [0.5, 0.6) is 6.01 Å².